The lowest BCUT2D eigenvalue weighted by Crippen LogP contribution is -2.18. The summed E-state index contributed by atoms with van der Waals surface area (Å²) in [7, 11) is 0. The van der Waals surface area contributed by atoms with Gasteiger partial charge in [-0.1, -0.05) is 17.7 Å². The Kier molecular flexibility index (Phi) is 4.01. The Hall–Kier alpha value is -1.08. The van der Waals surface area contributed by atoms with Gasteiger partial charge in [-0.15, -0.1) is 0 Å². The SMILES string of the molecule is O=C(Cn1cc(I)cn1)Nc1cccc(Cl)c1. The summed E-state index contributed by atoms with van der Waals surface area (Å²) < 4.78 is 2.58. The predicted octanol–water partition coefficient (Wildman–Crippen LogP) is 2.78. The van der Waals surface area contributed by atoms with E-state index in [2.05, 4.69) is 33.0 Å². The standard InChI is InChI=1S/C11H9ClIN3O/c12-8-2-1-3-10(4-8)15-11(17)7-16-6-9(13)5-14-16/h1-6H,7H2,(H,15,17). The molecule has 0 unspecified atom stereocenters. The van der Waals surface area contributed by atoms with Gasteiger partial charge in [0, 0.05) is 16.9 Å². The molecule has 2 aromatic rings. The second-order valence-corrected chi connectivity index (χ2v) is 5.10. The third-order valence-corrected chi connectivity index (χ3v) is 2.81. The molecule has 4 nitrogen and oxygen atoms in total. The van der Waals surface area contributed by atoms with Gasteiger partial charge in [-0.2, -0.15) is 5.10 Å². The van der Waals surface area contributed by atoms with E-state index in [0.29, 0.717) is 10.7 Å². The number of anilines is 1. The van der Waals surface area contributed by atoms with Crippen LogP contribution < -0.4 is 5.32 Å². The lowest BCUT2D eigenvalue weighted by Gasteiger charge is -2.05. The van der Waals surface area contributed by atoms with Gasteiger partial charge in [0.15, 0.2) is 0 Å². The van der Waals surface area contributed by atoms with Crippen LogP contribution in [0.1, 0.15) is 0 Å². The molecule has 0 atom stereocenters. The molecule has 0 radical (unpaired) electrons. The van der Waals surface area contributed by atoms with Crippen molar-refractivity contribution in [2.75, 3.05) is 5.32 Å². The zero-order valence-corrected chi connectivity index (χ0v) is 11.6. The van der Waals surface area contributed by atoms with Crippen molar-refractivity contribution in [3.05, 3.63) is 45.3 Å². The summed E-state index contributed by atoms with van der Waals surface area (Å²) in [6.07, 6.45) is 3.51. The summed E-state index contributed by atoms with van der Waals surface area (Å²) in [6.45, 7) is 0.190. The summed E-state index contributed by atoms with van der Waals surface area (Å²) in [6, 6.07) is 7.03. The van der Waals surface area contributed by atoms with E-state index >= 15 is 0 Å². The number of hydrogen-bond donors (Lipinski definition) is 1. The van der Waals surface area contributed by atoms with E-state index in [0.717, 1.165) is 3.57 Å². The van der Waals surface area contributed by atoms with Crippen LogP contribution in [0.3, 0.4) is 0 Å². The van der Waals surface area contributed by atoms with E-state index in [4.69, 9.17) is 11.6 Å². The molecule has 6 heteroatoms. The van der Waals surface area contributed by atoms with Gasteiger partial charge in [0.1, 0.15) is 6.54 Å². The Morgan fingerprint density at radius 2 is 2.35 bits per heavy atom. The maximum atomic E-state index is 11.7. The fourth-order valence-electron chi connectivity index (χ4n) is 1.34. The molecule has 88 valence electrons. The van der Waals surface area contributed by atoms with Crippen molar-refractivity contribution in [2.24, 2.45) is 0 Å². The van der Waals surface area contributed by atoms with E-state index in [-0.39, 0.29) is 12.5 Å². The number of benzene rings is 1. The highest BCUT2D eigenvalue weighted by atomic mass is 127. The highest BCUT2D eigenvalue weighted by molar-refractivity contribution is 14.1. The summed E-state index contributed by atoms with van der Waals surface area (Å²) >= 11 is 7.96. The number of carbonyl (C=O) groups is 1. The van der Waals surface area contributed by atoms with E-state index in [1.54, 1.807) is 41.3 Å². The van der Waals surface area contributed by atoms with Gasteiger partial charge >= 0.3 is 0 Å². The van der Waals surface area contributed by atoms with Crippen molar-refractivity contribution in [1.82, 2.24) is 9.78 Å². The molecule has 1 aromatic heterocycles. The fourth-order valence-corrected chi connectivity index (χ4v) is 1.98. The molecule has 2 rings (SSSR count). The van der Waals surface area contributed by atoms with Crippen LogP contribution in [0.25, 0.3) is 0 Å². The molecule has 0 spiro atoms. The molecule has 0 bridgehead atoms. The summed E-state index contributed by atoms with van der Waals surface area (Å²) in [5.41, 5.74) is 0.685. The normalized spacial score (nSPS) is 10.2. The molecule has 0 aliphatic carbocycles. The monoisotopic (exact) mass is 361 g/mol. The highest BCUT2D eigenvalue weighted by Gasteiger charge is 2.04. The Morgan fingerprint density at radius 3 is 3.00 bits per heavy atom. The first kappa shape index (κ1) is 12.4. The van der Waals surface area contributed by atoms with Crippen molar-refractivity contribution < 1.29 is 4.79 Å². The number of nitrogens with zero attached hydrogens (tertiary/aromatic N) is 2. The number of halogens is 2. The first-order valence-corrected chi connectivity index (χ1v) is 6.32. The van der Waals surface area contributed by atoms with E-state index in [9.17, 15) is 4.79 Å². The first-order valence-electron chi connectivity index (χ1n) is 4.87. The predicted molar refractivity (Wildman–Crippen MR) is 75.0 cm³/mol. The number of nitrogens with one attached hydrogen (secondary N) is 1. The molecule has 0 saturated heterocycles. The summed E-state index contributed by atoms with van der Waals surface area (Å²) in [5.74, 6) is -0.133. The van der Waals surface area contributed by atoms with Crippen LogP contribution in [0.2, 0.25) is 5.02 Å². The average Bonchev–Trinajstić information content (AvgIpc) is 2.63. The lowest BCUT2D eigenvalue weighted by atomic mass is 10.3. The first-order chi connectivity index (χ1) is 8.13. The smallest absolute Gasteiger partial charge is 0.246 e. The fraction of sp³-hybridized carbons (Fsp3) is 0.0909. The van der Waals surface area contributed by atoms with Gasteiger partial charge in [-0.25, -0.2) is 0 Å². The third kappa shape index (κ3) is 3.71. The zero-order valence-electron chi connectivity index (χ0n) is 8.73. The van der Waals surface area contributed by atoms with Crippen LogP contribution in [0.4, 0.5) is 5.69 Å². The molecule has 0 aliphatic heterocycles. The van der Waals surface area contributed by atoms with Crippen molar-refractivity contribution >= 4 is 45.8 Å². The second kappa shape index (κ2) is 5.50. The quantitative estimate of drug-likeness (QED) is 0.855. The van der Waals surface area contributed by atoms with Gasteiger partial charge in [-0.05, 0) is 40.8 Å². The Balaban J connectivity index is 1.98. The maximum Gasteiger partial charge on any atom is 0.246 e. The minimum Gasteiger partial charge on any atom is -0.324 e. The third-order valence-electron chi connectivity index (χ3n) is 2.02. The molecular formula is C11H9ClIN3O. The van der Waals surface area contributed by atoms with Crippen LogP contribution >= 0.6 is 34.2 Å². The van der Waals surface area contributed by atoms with Gasteiger partial charge in [0.2, 0.25) is 5.91 Å². The van der Waals surface area contributed by atoms with Crippen LogP contribution in [-0.4, -0.2) is 15.7 Å². The van der Waals surface area contributed by atoms with Gasteiger partial charge in [0.05, 0.1) is 9.77 Å². The molecule has 1 aromatic carbocycles. The number of rotatable bonds is 3. The number of carbonyl (C=O) groups excluding carboxylic acids is 1. The molecule has 0 saturated carbocycles. The lowest BCUT2D eigenvalue weighted by molar-refractivity contribution is -0.116. The average molecular weight is 362 g/mol. The molecule has 1 heterocycles. The molecule has 0 fully saturated rings. The minimum absolute atomic E-state index is 0.133. The highest BCUT2D eigenvalue weighted by Crippen LogP contribution is 2.14. The van der Waals surface area contributed by atoms with E-state index in [1.807, 2.05) is 0 Å². The van der Waals surface area contributed by atoms with Crippen LogP contribution in [-0.2, 0) is 11.3 Å². The van der Waals surface area contributed by atoms with Crippen molar-refractivity contribution in [3.8, 4) is 0 Å². The molecule has 1 amide bonds. The number of aromatic nitrogens is 2. The topological polar surface area (TPSA) is 46.9 Å². The van der Waals surface area contributed by atoms with Crippen LogP contribution in [0.5, 0.6) is 0 Å². The van der Waals surface area contributed by atoms with Crippen LogP contribution in [0.15, 0.2) is 36.7 Å². The van der Waals surface area contributed by atoms with Gasteiger partial charge < -0.3 is 5.32 Å². The molecule has 0 aliphatic rings. The maximum absolute atomic E-state index is 11.7. The van der Waals surface area contributed by atoms with Crippen molar-refractivity contribution in [1.29, 1.82) is 0 Å². The molecule has 17 heavy (non-hydrogen) atoms. The van der Waals surface area contributed by atoms with Crippen LogP contribution in [0, 0.1) is 3.57 Å². The van der Waals surface area contributed by atoms with Gasteiger partial charge in [-0.3, -0.25) is 9.48 Å². The van der Waals surface area contributed by atoms with Crippen molar-refractivity contribution in [3.63, 3.8) is 0 Å². The molecular weight excluding hydrogens is 352 g/mol. The summed E-state index contributed by atoms with van der Waals surface area (Å²) in [5, 5.41) is 7.38. The summed E-state index contributed by atoms with van der Waals surface area (Å²) in [4.78, 5) is 11.7. The number of amides is 1. The Labute approximate surface area is 117 Å². The largest absolute Gasteiger partial charge is 0.324 e. The Morgan fingerprint density at radius 1 is 1.53 bits per heavy atom. The molecule has 1 N–H and O–H groups in total. The van der Waals surface area contributed by atoms with Gasteiger partial charge in [0.25, 0.3) is 0 Å². The van der Waals surface area contributed by atoms with E-state index in [1.165, 1.54) is 0 Å². The Bertz CT molecular complexity index is 541. The number of hydrogen-bond acceptors (Lipinski definition) is 2. The minimum atomic E-state index is -0.133. The zero-order chi connectivity index (χ0) is 12.3. The second-order valence-electron chi connectivity index (χ2n) is 3.41. The van der Waals surface area contributed by atoms with E-state index < -0.39 is 0 Å². The van der Waals surface area contributed by atoms with Crippen molar-refractivity contribution in [2.45, 2.75) is 6.54 Å².